The van der Waals surface area contributed by atoms with Crippen LogP contribution in [0.3, 0.4) is 0 Å². The molecule has 0 aliphatic carbocycles. The van der Waals surface area contributed by atoms with E-state index in [9.17, 15) is 22.1 Å². The van der Waals surface area contributed by atoms with E-state index in [0.717, 1.165) is 30.5 Å². The molecule has 2 heterocycles. The van der Waals surface area contributed by atoms with Crippen LogP contribution in [-0.2, 0) is 19.9 Å². The summed E-state index contributed by atoms with van der Waals surface area (Å²) in [6, 6.07) is 23.9. The SMILES string of the molecule is Cc1ccc(S(=O)(=O)/C(C#N)=C/c2cn(-c3ccccc3)nc2-c2cccc(S(=O)(=O)N3CCCCC3)c2)cc1. The molecule has 1 fully saturated rings. The van der Waals surface area contributed by atoms with Crippen LogP contribution >= 0.6 is 0 Å². The fourth-order valence-electron chi connectivity index (χ4n) is 4.64. The average Bonchev–Trinajstić information content (AvgIpc) is 3.41. The molecule has 40 heavy (non-hydrogen) atoms. The monoisotopic (exact) mass is 572 g/mol. The highest BCUT2D eigenvalue weighted by Crippen LogP contribution is 2.31. The first kappa shape index (κ1) is 27.5. The Bertz CT molecular complexity index is 1810. The van der Waals surface area contributed by atoms with Crippen molar-refractivity contribution in [1.82, 2.24) is 14.1 Å². The molecule has 1 aliphatic rings. The Balaban J connectivity index is 1.64. The molecule has 1 saturated heterocycles. The zero-order chi connectivity index (χ0) is 28.3. The normalized spacial score (nSPS) is 15.1. The van der Waals surface area contributed by atoms with Gasteiger partial charge in [-0.3, -0.25) is 0 Å². The minimum Gasteiger partial charge on any atom is -0.240 e. The number of aryl methyl sites for hydroxylation is 1. The van der Waals surface area contributed by atoms with Crippen molar-refractivity contribution in [3.63, 3.8) is 0 Å². The maximum Gasteiger partial charge on any atom is 0.243 e. The van der Waals surface area contributed by atoms with Crippen molar-refractivity contribution in [2.75, 3.05) is 13.1 Å². The number of benzene rings is 3. The van der Waals surface area contributed by atoms with Crippen LogP contribution in [-0.4, -0.2) is 44.0 Å². The molecule has 5 rings (SSSR count). The summed E-state index contributed by atoms with van der Waals surface area (Å²) < 4.78 is 56.6. The van der Waals surface area contributed by atoms with Crippen molar-refractivity contribution >= 4 is 25.9 Å². The summed E-state index contributed by atoms with van der Waals surface area (Å²) in [5.74, 6) is 0. The smallest absolute Gasteiger partial charge is 0.240 e. The second-order valence-electron chi connectivity index (χ2n) is 9.64. The zero-order valence-corrected chi connectivity index (χ0v) is 23.6. The number of nitriles is 1. The molecule has 3 aromatic carbocycles. The first-order valence-electron chi connectivity index (χ1n) is 12.9. The highest BCUT2D eigenvalue weighted by atomic mass is 32.2. The molecule has 0 bridgehead atoms. The fourth-order valence-corrected chi connectivity index (χ4v) is 7.36. The molecule has 0 spiro atoms. The molecule has 0 unspecified atom stereocenters. The number of para-hydroxylation sites is 1. The van der Waals surface area contributed by atoms with Crippen molar-refractivity contribution in [3.8, 4) is 23.0 Å². The number of sulfone groups is 1. The van der Waals surface area contributed by atoms with E-state index in [1.54, 1.807) is 47.3 Å². The molecule has 8 nitrogen and oxygen atoms in total. The zero-order valence-electron chi connectivity index (χ0n) is 21.9. The third kappa shape index (κ3) is 5.49. The van der Waals surface area contributed by atoms with E-state index in [1.165, 1.54) is 22.5 Å². The first-order valence-corrected chi connectivity index (χ1v) is 15.8. The van der Waals surface area contributed by atoms with Gasteiger partial charge in [-0.15, -0.1) is 0 Å². The van der Waals surface area contributed by atoms with Crippen LogP contribution in [0, 0.1) is 18.3 Å². The van der Waals surface area contributed by atoms with E-state index in [0.29, 0.717) is 29.9 Å². The van der Waals surface area contributed by atoms with Gasteiger partial charge in [-0.1, -0.05) is 54.4 Å². The topological polar surface area (TPSA) is 113 Å². The van der Waals surface area contributed by atoms with Crippen molar-refractivity contribution in [3.05, 3.63) is 101 Å². The maximum atomic E-state index is 13.4. The third-order valence-corrected chi connectivity index (χ3v) is 10.4. The lowest BCUT2D eigenvalue weighted by Gasteiger charge is -2.26. The van der Waals surface area contributed by atoms with Crippen LogP contribution in [0.1, 0.15) is 30.4 Å². The van der Waals surface area contributed by atoms with Crippen LogP contribution in [0.2, 0.25) is 0 Å². The molecule has 0 radical (unpaired) electrons. The summed E-state index contributed by atoms with van der Waals surface area (Å²) in [6.45, 7) is 2.80. The van der Waals surface area contributed by atoms with Gasteiger partial charge in [0.05, 0.1) is 15.5 Å². The van der Waals surface area contributed by atoms with Crippen molar-refractivity contribution < 1.29 is 16.8 Å². The van der Waals surface area contributed by atoms with Gasteiger partial charge in [0.1, 0.15) is 16.7 Å². The van der Waals surface area contributed by atoms with Crippen LogP contribution in [0.4, 0.5) is 0 Å². The second-order valence-corrected chi connectivity index (χ2v) is 13.5. The van der Waals surface area contributed by atoms with Crippen LogP contribution < -0.4 is 0 Å². The number of allylic oxidation sites excluding steroid dienone is 1. The van der Waals surface area contributed by atoms with Gasteiger partial charge in [0.15, 0.2) is 0 Å². The molecule has 0 N–H and O–H groups in total. The lowest BCUT2D eigenvalue weighted by atomic mass is 10.1. The number of aromatic nitrogens is 2. The third-order valence-electron chi connectivity index (χ3n) is 6.84. The van der Waals surface area contributed by atoms with Gasteiger partial charge in [-0.05, 0) is 62.2 Å². The molecule has 0 saturated carbocycles. The lowest BCUT2D eigenvalue weighted by Crippen LogP contribution is -2.35. The number of rotatable bonds is 7. The molecule has 0 atom stereocenters. The molecule has 10 heteroatoms. The Morgan fingerprint density at radius 1 is 0.875 bits per heavy atom. The molecule has 0 amide bonds. The summed E-state index contributed by atoms with van der Waals surface area (Å²) in [7, 11) is -7.81. The van der Waals surface area contributed by atoms with Crippen LogP contribution in [0.15, 0.2) is 99.8 Å². The summed E-state index contributed by atoms with van der Waals surface area (Å²) in [6.07, 6.45) is 5.58. The highest BCUT2D eigenvalue weighted by Gasteiger charge is 2.27. The Labute approximate surface area is 234 Å². The number of sulfonamides is 1. The van der Waals surface area contributed by atoms with E-state index >= 15 is 0 Å². The Morgan fingerprint density at radius 2 is 1.57 bits per heavy atom. The summed E-state index contributed by atoms with van der Waals surface area (Å²) >= 11 is 0. The number of piperidine rings is 1. The van der Waals surface area contributed by atoms with E-state index < -0.39 is 24.8 Å². The number of nitrogens with zero attached hydrogens (tertiary/aromatic N) is 4. The number of hydrogen-bond donors (Lipinski definition) is 0. The second kappa shape index (κ2) is 11.2. The van der Waals surface area contributed by atoms with Crippen LogP contribution in [0.25, 0.3) is 23.0 Å². The molecule has 1 aliphatic heterocycles. The summed E-state index contributed by atoms with van der Waals surface area (Å²) in [5, 5.41) is 14.6. The van der Waals surface area contributed by atoms with E-state index in [4.69, 9.17) is 5.10 Å². The maximum absolute atomic E-state index is 13.4. The number of hydrogen-bond acceptors (Lipinski definition) is 6. The fraction of sp³-hybridized carbons (Fsp3) is 0.200. The van der Waals surface area contributed by atoms with Gasteiger partial charge in [-0.2, -0.15) is 14.7 Å². The summed E-state index contributed by atoms with van der Waals surface area (Å²) in [5.41, 5.74) is 2.83. The van der Waals surface area contributed by atoms with E-state index in [1.807, 2.05) is 43.3 Å². The Kier molecular flexibility index (Phi) is 7.72. The van der Waals surface area contributed by atoms with Crippen LogP contribution in [0.5, 0.6) is 0 Å². The quantitative estimate of drug-likeness (QED) is 0.276. The van der Waals surface area contributed by atoms with Crippen molar-refractivity contribution in [2.24, 2.45) is 0 Å². The largest absolute Gasteiger partial charge is 0.243 e. The molecule has 204 valence electrons. The van der Waals surface area contributed by atoms with E-state index in [-0.39, 0.29) is 9.79 Å². The van der Waals surface area contributed by atoms with Crippen molar-refractivity contribution in [1.29, 1.82) is 5.26 Å². The minimum absolute atomic E-state index is 0.0116. The lowest BCUT2D eigenvalue weighted by molar-refractivity contribution is 0.346. The predicted molar refractivity (Wildman–Crippen MR) is 154 cm³/mol. The predicted octanol–water partition coefficient (Wildman–Crippen LogP) is 5.36. The van der Waals surface area contributed by atoms with Gasteiger partial charge < -0.3 is 0 Å². The van der Waals surface area contributed by atoms with Gasteiger partial charge in [0.2, 0.25) is 19.9 Å². The Morgan fingerprint density at radius 3 is 2.25 bits per heavy atom. The van der Waals surface area contributed by atoms with Gasteiger partial charge >= 0.3 is 0 Å². The standard InChI is InChI=1S/C30H28N4O4S2/c1-23-13-15-27(16-14-23)39(35,36)29(21-31)20-25-22-34(26-10-4-2-5-11-26)32-30(25)24-9-8-12-28(19-24)40(37,38)33-17-6-3-7-18-33/h2,4-5,8-16,19-20,22H,3,6-7,17-18H2,1H3/b29-20+. The Hall–Kier alpha value is -4.04. The van der Waals surface area contributed by atoms with Crippen molar-refractivity contribution in [2.45, 2.75) is 36.0 Å². The minimum atomic E-state index is -4.11. The highest BCUT2D eigenvalue weighted by molar-refractivity contribution is 7.95. The van der Waals surface area contributed by atoms with Gasteiger partial charge in [-0.25, -0.2) is 21.5 Å². The average molecular weight is 573 g/mol. The van der Waals surface area contributed by atoms with Gasteiger partial charge in [0.25, 0.3) is 0 Å². The molecule has 4 aromatic rings. The molecule has 1 aromatic heterocycles. The first-order chi connectivity index (χ1) is 19.2. The summed E-state index contributed by atoms with van der Waals surface area (Å²) in [4.78, 5) is -0.288. The molecular weight excluding hydrogens is 544 g/mol. The van der Waals surface area contributed by atoms with Gasteiger partial charge in [0, 0.05) is 30.4 Å². The van der Waals surface area contributed by atoms with E-state index in [2.05, 4.69) is 0 Å². The molecular formula is C30H28N4O4S2.